The van der Waals surface area contributed by atoms with E-state index < -0.39 is 5.60 Å². The summed E-state index contributed by atoms with van der Waals surface area (Å²) in [6.07, 6.45) is 4.98. The van der Waals surface area contributed by atoms with Gasteiger partial charge in [0.15, 0.2) is 0 Å². The van der Waals surface area contributed by atoms with Gasteiger partial charge in [-0.15, -0.1) is 0 Å². The molecule has 2 rings (SSSR count). The van der Waals surface area contributed by atoms with Crippen molar-refractivity contribution in [1.29, 1.82) is 0 Å². The van der Waals surface area contributed by atoms with Crippen LogP contribution in [0.25, 0.3) is 0 Å². The van der Waals surface area contributed by atoms with Crippen LogP contribution in [0.4, 0.5) is 4.39 Å². The summed E-state index contributed by atoms with van der Waals surface area (Å²) in [5.41, 5.74) is 0.163. The van der Waals surface area contributed by atoms with Crippen molar-refractivity contribution in [3.05, 3.63) is 35.6 Å². The first kappa shape index (κ1) is 15.2. The molecule has 1 nitrogen and oxygen atoms in total. The lowest BCUT2D eigenvalue weighted by atomic mass is 9.87. The van der Waals surface area contributed by atoms with Crippen molar-refractivity contribution in [3.8, 4) is 0 Å². The molecule has 1 aromatic rings. The van der Waals surface area contributed by atoms with Gasteiger partial charge in [-0.1, -0.05) is 60.6 Å². The van der Waals surface area contributed by atoms with Gasteiger partial charge in [0.05, 0.1) is 6.10 Å². The number of rotatable bonds is 4. The Kier molecular flexibility index (Phi) is 5.23. The minimum absolute atomic E-state index is 0.162. The Morgan fingerprint density at radius 3 is 2.74 bits per heavy atom. The Labute approximate surface area is 129 Å². The second kappa shape index (κ2) is 6.53. The van der Waals surface area contributed by atoms with Crippen LogP contribution < -0.4 is 0 Å². The lowest BCUT2D eigenvalue weighted by Gasteiger charge is -2.36. The summed E-state index contributed by atoms with van der Waals surface area (Å²) in [6, 6.07) is 6.98. The summed E-state index contributed by atoms with van der Waals surface area (Å²) < 4.78 is 21.1. The highest BCUT2D eigenvalue weighted by molar-refractivity contribution is 14.1. The molecular formula is C16H22FIO. The van der Waals surface area contributed by atoms with Crippen molar-refractivity contribution >= 4 is 22.6 Å². The zero-order chi connectivity index (χ0) is 13.9. The lowest BCUT2D eigenvalue weighted by molar-refractivity contribution is -0.0921. The van der Waals surface area contributed by atoms with Crippen LogP contribution in [0.2, 0.25) is 0 Å². The van der Waals surface area contributed by atoms with E-state index in [0.29, 0.717) is 5.56 Å². The molecule has 0 radical (unpaired) electrons. The highest BCUT2D eigenvalue weighted by atomic mass is 127. The monoisotopic (exact) mass is 376 g/mol. The van der Waals surface area contributed by atoms with Crippen LogP contribution in [0.15, 0.2) is 24.3 Å². The zero-order valence-electron chi connectivity index (χ0n) is 11.7. The summed E-state index contributed by atoms with van der Waals surface area (Å²) in [7, 11) is 0. The van der Waals surface area contributed by atoms with Gasteiger partial charge in [-0.2, -0.15) is 0 Å². The molecule has 106 valence electrons. The van der Waals surface area contributed by atoms with Crippen LogP contribution in [0, 0.1) is 11.7 Å². The van der Waals surface area contributed by atoms with Crippen LogP contribution in [-0.4, -0.2) is 10.5 Å². The predicted molar refractivity (Wildman–Crippen MR) is 85.1 cm³/mol. The molecular weight excluding hydrogens is 354 g/mol. The molecule has 1 aromatic carbocycles. The van der Waals surface area contributed by atoms with Gasteiger partial charge in [0.25, 0.3) is 0 Å². The second-order valence-corrected chi connectivity index (χ2v) is 6.62. The maximum Gasteiger partial charge on any atom is 0.129 e. The Balaban J connectivity index is 2.16. The number of hydrogen-bond donors (Lipinski definition) is 0. The first-order valence-electron chi connectivity index (χ1n) is 7.04. The van der Waals surface area contributed by atoms with Gasteiger partial charge in [0.1, 0.15) is 11.4 Å². The molecule has 3 unspecified atom stereocenters. The Hall–Kier alpha value is -0.160. The summed E-state index contributed by atoms with van der Waals surface area (Å²) in [5, 5.41) is 0. The highest BCUT2D eigenvalue weighted by Gasteiger charge is 2.33. The Bertz CT molecular complexity index is 423. The number of ether oxygens (including phenoxy) is 1. The van der Waals surface area contributed by atoms with E-state index in [1.165, 1.54) is 18.9 Å². The first-order chi connectivity index (χ1) is 9.05. The van der Waals surface area contributed by atoms with Crippen molar-refractivity contribution in [2.24, 2.45) is 5.92 Å². The zero-order valence-corrected chi connectivity index (χ0v) is 13.8. The number of alkyl halides is 1. The quantitative estimate of drug-likeness (QED) is 0.527. The summed E-state index contributed by atoms with van der Waals surface area (Å²) >= 11 is 2.30. The van der Waals surface area contributed by atoms with Gasteiger partial charge in [-0.05, 0) is 31.7 Å². The molecule has 1 saturated carbocycles. The van der Waals surface area contributed by atoms with Gasteiger partial charge < -0.3 is 4.74 Å². The van der Waals surface area contributed by atoms with Crippen molar-refractivity contribution < 1.29 is 9.13 Å². The number of halogens is 2. The third kappa shape index (κ3) is 3.69. The molecule has 19 heavy (non-hydrogen) atoms. The minimum Gasteiger partial charge on any atom is -0.366 e. The van der Waals surface area contributed by atoms with E-state index in [9.17, 15) is 4.39 Å². The van der Waals surface area contributed by atoms with Gasteiger partial charge in [0.2, 0.25) is 0 Å². The molecule has 0 bridgehead atoms. The molecule has 0 N–H and O–H groups in total. The molecule has 3 heteroatoms. The van der Waals surface area contributed by atoms with Crippen molar-refractivity contribution in [3.63, 3.8) is 0 Å². The van der Waals surface area contributed by atoms with Crippen LogP contribution >= 0.6 is 22.6 Å². The number of benzene rings is 1. The number of hydrogen-bond acceptors (Lipinski definition) is 1. The molecule has 0 amide bonds. The minimum atomic E-state index is -0.520. The molecule has 1 aliphatic carbocycles. The van der Waals surface area contributed by atoms with Crippen molar-refractivity contribution in [2.75, 3.05) is 4.43 Å². The maximum atomic E-state index is 14.0. The molecule has 1 aliphatic rings. The Morgan fingerprint density at radius 2 is 2.11 bits per heavy atom. The molecule has 1 fully saturated rings. The lowest BCUT2D eigenvalue weighted by Crippen LogP contribution is -2.36. The maximum absolute atomic E-state index is 14.0. The topological polar surface area (TPSA) is 9.23 Å². The second-order valence-electron chi connectivity index (χ2n) is 5.86. The highest BCUT2D eigenvalue weighted by Crippen LogP contribution is 2.35. The third-order valence-electron chi connectivity index (χ3n) is 4.01. The first-order valence-corrected chi connectivity index (χ1v) is 8.56. The molecule has 0 spiro atoms. The molecule has 0 aliphatic heterocycles. The van der Waals surface area contributed by atoms with Crippen LogP contribution in [0.5, 0.6) is 0 Å². The average Bonchev–Trinajstić information content (AvgIpc) is 2.39. The van der Waals surface area contributed by atoms with Crippen molar-refractivity contribution in [2.45, 2.75) is 51.2 Å². The standard InChI is InChI=1S/C16H22FIO/c1-12-6-5-7-13(10-12)19-16(2,11-18)14-8-3-4-9-15(14)17/h3-4,8-9,12-13H,5-7,10-11H2,1-2H3. The molecule has 0 aromatic heterocycles. The normalized spacial score (nSPS) is 26.9. The van der Waals surface area contributed by atoms with E-state index in [0.717, 1.165) is 23.2 Å². The van der Waals surface area contributed by atoms with Gasteiger partial charge in [-0.25, -0.2) is 4.39 Å². The smallest absolute Gasteiger partial charge is 0.129 e. The van der Waals surface area contributed by atoms with Crippen LogP contribution in [0.1, 0.15) is 45.1 Å². The van der Waals surface area contributed by atoms with E-state index in [2.05, 4.69) is 29.5 Å². The fourth-order valence-electron chi connectivity index (χ4n) is 2.91. The van der Waals surface area contributed by atoms with Gasteiger partial charge in [0, 0.05) is 9.99 Å². The Morgan fingerprint density at radius 1 is 1.37 bits per heavy atom. The van der Waals surface area contributed by atoms with E-state index in [1.807, 2.05) is 19.1 Å². The predicted octanol–water partition coefficient (Wildman–Crippen LogP) is 5.07. The summed E-state index contributed by atoms with van der Waals surface area (Å²) in [6.45, 7) is 4.29. The van der Waals surface area contributed by atoms with Crippen LogP contribution in [-0.2, 0) is 10.3 Å². The fraction of sp³-hybridized carbons (Fsp3) is 0.625. The molecule has 0 heterocycles. The fourth-order valence-corrected chi connectivity index (χ4v) is 3.50. The third-order valence-corrected chi connectivity index (χ3v) is 5.47. The molecule has 0 saturated heterocycles. The summed E-state index contributed by atoms with van der Waals surface area (Å²) in [4.78, 5) is 0. The van der Waals surface area contributed by atoms with E-state index in [1.54, 1.807) is 6.07 Å². The SMILES string of the molecule is CC1CCCC(OC(C)(CI)c2ccccc2F)C1. The van der Waals surface area contributed by atoms with E-state index >= 15 is 0 Å². The largest absolute Gasteiger partial charge is 0.366 e. The van der Waals surface area contributed by atoms with Gasteiger partial charge >= 0.3 is 0 Å². The van der Waals surface area contributed by atoms with Gasteiger partial charge in [-0.3, -0.25) is 0 Å². The van der Waals surface area contributed by atoms with E-state index in [-0.39, 0.29) is 11.9 Å². The van der Waals surface area contributed by atoms with Crippen LogP contribution in [0.3, 0.4) is 0 Å². The van der Waals surface area contributed by atoms with E-state index in [4.69, 9.17) is 4.74 Å². The molecule has 3 atom stereocenters. The summed E-state index contributed by atoms with van der Waals surface area (Å²) in [5.74, 6) is 0.559. The average molecular weight is 376 g/mol. The van der Waals surface area contributed by atoms with Crippen molar-refractivity contribution in [1.82, 2.24) is 0 Å².